The van der Waals surface area contributed by atoms with Crippen molar-refractivity contribution < 1.29 is 14.4 Å². The topological polar surface area (TPSA) is 66.5 Å². The van der Waals surface area contributed by atoms with Gasteiger partial charge in [-0.3, -0.25) is 14.5 Å². The molecule has 0 radical (unpaired) electrons. The number of Topliss-reactive ketones (excluding diaryl/α,β-unsaturated/α-hetero) is 1. The SMILES string of the molecule is O=C(Cc1ccc(Br)cc1)CN1C(=O)NC(C2CC2)(C2CC2)C1=O. The van der Waals surface area contributed by atoms with E-state index >= 15 is 0 Å². The average molecular weight is 391 g/mol. The van der Waals surface area contributed by atoms with E-state index in [1.54, 1.807) is 0 Å². The Hall–Kier alpha value is -1.69. The molecule has 1 heterocycles. The van der Waals surface area contributed by atoms with Crippen LogP contribution in [0.15, 0.2) is 28.7 Å². The first-order valence-corrected chi connectivity index (χ1v) is 9.20. The van der Waals surface area contributed by atoms with Crippen molar-refractivity contribution in [2.75, 3.05) is 6.54 Å². The zero-order valence-corrected chi connectivity index (χ0v) is 14.8. The van der Waals surface area contributed by atoms with Gasteiger partial charge in [-0.1, -0.05) is 28.1 Å². The van der Waals surface area contributed by atoms with E-state index in [2.05, 4.69) is 21.2 Å². The van der Waals surface area contributed by atoms with Gasteiger partial charge in [-0.25, -0.2) is 4.79 Å². The number of hydrogen-bond donors (Lipinski definition) is 1. The minimum atomic E-state index is -0.713. The monoisotopic (exact) mass is 390 g/mol. The lowest BCUT2D eigenvalue weighted by molar-refractivity contribution is -0.135. The Morgan fingerprint density at radius 3 is 2.25 bits per heavy atom. The highest BCUT2D eigenvalue weighted by molar-refractivity contribution is 9.10. The number of imide groups is 1. The predicted octanol–water partition coefficient (Wildman–Crippen LogP) is 2.67. The van der Waals surface area contributed by atoms with Crippen LogP contribution in [0.2, 0.25) is 0 Å². The molecular weight excluding hydrogens is 372 g/mol. The number of rotatable bonds is 6. The second-order valence-corrected chi connectivity index (χ2v) is 8.00. The summed E-state index contributed by atoms with van der Waals surface area (Å²) in [6.45, 7) is -0.137. The Morgan fingerprint density at radius 1 is 1.12 bits per heavy atom. The highest BCUT2D eigenvalue weighted by Gasteiger charge is 2.65. The summed E-state index contributed by atoms with van der Waals surface area (Å²) >= 11 is 3.36. The molecule has 1 aromatic rings. The van der Waals surface area contributed by atoms with Crippen molar-refractivity contribution >= 4 is 33.7 Å². The molecule has 126 valence electrons. The van der Waals surface area contributed by atoms with Crippen LogP contribution in [0, 0.1) is 11.8 Å². The van der Waals surface area contributed by atoms with Crippen molar-refractivity contribution in [1.82, 2.24) is 10.2 Å². The van der Waals surface area contributed by atoms with Gasteiger partial charge in [0, 0.05) is 10.9 Å². The van der Waals surface area contributed by atoms with E-state index in [1.807, 2.05) is 24.3 Å². The minimum absolute atomic E-state index is 0.122. The van der Waals surface area contributed by atoms with Gasteiger partial charge in [0.15, 0.2) is 5.78 Å². The van der Waals surface area contributed by atoms with Crippen molar-refractivity contribution in [2.24, 2.45) is 11.8 Å². The molecule has 1 N–H and O–H groups in total. The van der Waals surface area contributed by atoms with Gasteiger partial charge in [0.1, 0.15) is 5.54 Å². The molecule has 3 amide bonds. The normalized spacial score (nSPS) is 22.6. The third-order valence-electron chi connectivity index (χ3n) is 5.25. The van der Waals surface area contributed by atoms with Crippen LogP contribution in [0.5, 0.6) is 0 Å². The van der Waals surface area contributed by atoms with Gasteiger partial charge in [0.05, 0.1) is 6.54 Å². The van der Waals surface area contributed by atoms with Crippen molar-refractivity contribution in [1.29, 1.82) is 0 Å². The quantitative estimate of drug-likeness (QED) is 0.759. The molecule has 5 nitrogen and oxygen atoms in total. The van der Waals surface area contributed by atoms with Gasteiger partial charge in [0.25, 0.3) is 5.91 Å². The highest BCUT2D eigenvalue weighted by Crippen LogP contribution is 2.54. The van der Waals surface area contributed by atoms with E-state index < -0.39 is 11.6 Å². The number of nitrogens with one attached hydrogen (secondary N) is 1. The van der Waals surface area contributed by atoms with Gasteiger partial charge in [-0.05, 0) is 55.2 Å². The second-order valence-electron chi connectivity index (χ2n) is 7.08. The molecule has 1 aromatic carbocycles. The molecule has 6 heteroatoms. The van der Waals surface area contributed by atoms with E-state index in [9.17, 15) is 14.4 Å². The summed E-state index contributed by atoms with van der Waals surface area (Å²) in [5.74, 6) is 0.214. The Kier molecular flexibility index (Phi) is 3.75. The second kappa shape index (κ2) is 5.69. The lowest BCUT2D eigenvalue weighted by Gasteiger charge is -2.26. The van der Waals surface area contributed by atoms with Gasteiger partial charge in [-0.15, -0.1) is 0 Å². The minimum Gasteiger partial charge on any atom is -0.323 e. The van der Waals surface area contributed by atoms with Crippen LogP contribution in [0.4, 0.5) is 4.79 Å². The summed E-state index contributed by atoms with van der Waals surface area (Å²) in [5.41, 5.74) is 0.167. The molecule has 0 atom stereocenters. The number of ketones is 1. The molecule has 4 rings (SSSR count). The fourth-order valence-electron chi connectivity index (χ4n) is 3.78. The summed E-state index contributed by atoms with van der Waals surface area (Å²) in [4.78, 5) is 38.7. The number of amides is 3. The lowest BCUT2D eigenvalue weighted by Crippen LogP contribution is -2.51. The van der Waals surface area contributed by atoms with Gasteiger partial charge < -0.3 is 5.32 Å². The molecule has 24 heavy (non-hydrogen) atoms. The fraction of sp³-hybridized carbons (Fsp3) is 0.500. The molecule has 3 aliphatic rings. The Bertz CT molecular complexity index is 695. The van der Waals surface area contributed by atoms with Crippen LogP contribution in [-0.4, -0.2) is 34.7 Å². The van der Waals surface area contributed by atoms with E-state index in [4.69, 9.17) is 0 Å². The average Bonchev–Trinajstić information content (AvgIpc) is 3.44. The predicted molar refractivity (Wildman–Crippen MR) is 91.3 cm³/mol. The Balaban J connectivity index is 1.46. The summed E-state index contributed by atoms with van der Waals surface area (Å²) in [5, 5.41) is 2.95. The number of benzene rings is 1. The zero-order chi connectivity index (χ0) is 16.9. The number of nitrogens with zero attached hydrogens (tertiary/aromatic N) is 1. The standard InChI is InChI=1S/C18H19BrN2O3/c19-14-7-1-11(2-8-14)9-15(22)10-21-16(23)18(12-3-4-12,13-5-6-13)20-17(21)24/h1-2,7-8,12-13H,3-6,9-10H2,(H,20,24). The first-order chi connectivity index (χ1) is 11.5. The molecule has 3 fully saturated rings. The van der Waals surface area contributed by atoms with Gasteiger partial charge in [0.2, 0.25) is 0 Å². The van der Waals surface area contributed by atoms with E-state index in [1.165, 1.54) is 0 Å². The maximum absolute atomic E-state index is 12.9. The largest absolute Gasteiger partial charge is 0.325 e. The van der Waals surface area contributed by atoms with Crippen molar-refractivity contribution in [3.63, 3.8) is 0 Å². The zero-order valence-electron chi connectivity index (χ0n) is 13.3. The fourth-order valence-corrected chi connectivity index (χ4v) is 4.05. The van der Waals surface area contributed by atoms with E-state index in [0.29, 0.717) is 0 Å². The summed E-state index contributed by atoms with van der Waals surface area (Å²) in [6, 6.07) is 7.09. The third-order valence-corrected chi connectivity index (χ3v) is 5.78. The molecule has 0 bridgehead atoms. The third kappa shape index (κ3) is 2.66. The number of carbonyl (C=O) groups is 3. The molecule has 0 unspecified atom stereocenters. The molecule has 1 aliphatic heterocycles. The van der Waals surface area contributed by atoms with Crippen LogP contribution in [-0.2, 0) is 16.0 Å². The first-order valence-electron chi connectivity index (χ1n) is 8.41. The smallest absolute Gasteiger partial charge is 0.323 e. The highest BCUT2D eigenvalue weighted by atomic mass is 79.9. The van der Waals surface area contributed by atoms with Crippen LogP contribution in [0.25, 0.3) is 0 Å². The molecule has 0 spiro atoms. The molecule has 0 aromatic heterocycles. The van der Waals surface area contributed by atoms with Crippen LogP contribution in [0.1, 0.15) is 31.2 Å². The Morgan fingerprint density at radius 2 is 1.71 bits per heavy atom. The van der Waals surface area contributed by atoms with Crippen LogP contribution >= 0.6 is 15.9 Å². The van der Waals surface area contributed by atoms with Crippen LogP contribution in [0.3, 0.4) is 0 Å². The molecule has 2 aliphatic carbocycles. The first kappa shape index (κ1) is 15.8. The molecule has 2 saturated carbocycles. The van der Waals surface area contributed by atoms with E-state index in [0.717, 1.165) is 40.6 Å². The van der Waals surface area contributed by atoms with Crippen molar-refractivity contribution in [3.8, 4) is 0 Å². The number of halogens is 1. The number of carbonyl (C=O) groups excluding carboxylic acids is 3. The maximum atomic E-state index is 12.9. The van der Waals surface area contributed by atoms with Gasteiger partial charge >= 0.3 is 6.03 Å². The maximum Gasteiger partial charge on any atom is 0.325 e. The summed E-state index contributed by atoms with van der Waals surface area (Å²) in [7, 11) is 0. The van der Waals surface area contributed by atoms with Crippen molar-refractivity contribution in [2.45, 2.75) is 37.6 Å². The number of hydrogen-bond acceptors (Lipinski definition) is 3. The van der Waals surface area contributed by atoms with Gasteiger partial charge in [-0.2, -0.15) is 0 Å². The Labute approximate surface area is 148 Å². The van der Waals surface area contributed by atoms with E-state index in [-0.39, 0.29) is 36.5 Å². The summed E-state index contributed by atoms with van der Waals surface area (Å²) in [6.07, 6.45) is 4.18. The van der Waals surface area contributed by atoms with Crippen LogP contribution < -0.4 is 5.32 Å². The summed E-state index contributed by atoms with van der Waals surface area (Å²) < 4.78 is 0.950. The molecular formula is C18H19BrN2O3. The van der Waals surface area contributed by atoms with Crippen molar-refractivity contribution in [3.05, 3.63) is 34.3 Å². The lowest BCUT2D eigenvalue weighted by atomic mass is 9.87. The molecule has 1 saturated heterocycles. The number of urea groups is 1.